The molecule has 0 aliphatic rings. The predicted molar refractivity (Wildman–Crippen MR) is 148 cm³/mol. The van der Waals surface area contributed by atoms with Crippen LogP contribution in [0.4, 0.5) is 10.5 Å². The zero-order chi connectivity index (χ0) is 26.9. The molecule has 9 heteroatoms. The van der Waals surface area contributed by atoms with Crippen LogP contribution in [-0.2, 0) is 13.0 Å². The maximum atomic E-state index is 13.0. The summed E-state index contributed by atoms with van der Waals surface area (Å²) in [7, 11) is 3.19. The number of thiazole rings is 1. The Morgan fingerprint density at radius 2 is 1.70 bits per heavy atom. The van der Waals surface area contributed by atoms with Crippen molar-refractivity contribution in [1.82, 2.24) is 15.2 Å². The standard InChI is InChI=1S/C28H36N4O4S/c1-18(2)21-8-10-22(11-9-21)30-28(34)32(19(3)4)16-26-31-23(17-37-26)27(33)29-14-13-20-7-12-24(35-5)25(15-20)36-6/h7-12,15,17-19H,13-14,16H2,1-6H3,(H,29,33)(H,30,34). The summed E-state index contributed by atoms with van der Waals surface area (Å²) in [5.41, 5.74) is 3.33. The van der Waals surface area contributed by atoms with Crippen LogP contribution in [0.1, 0.15) is 60.2 Å². The Balaban J connectivity index is 1.55. The Labute approximate surface area is 223 Å². The average molecular weight is 525 g/mol. The summed E-state index contributed by atoms with van der Waals surface area (Å²) in [5.74, 6) is 1.51. The SMILES string of the molecule is COc1ccc(CCNC(=O)c2csc(CN(C(=O)Nc3ccc(C(C)C)cc3)C(C)C)n2)cc1OC. The molecule has 37 heavy (non-hydrogen) atoms. The van der Waals surface area contributed by atoms with Crippen LogP contribution in [-0.4, -0.2) is 48.6 Å². The number of ether oxygens (including phenoxy) is 2. The monoisotopic (exact) mass is 524 g/mol. The molecule has 0 saturated heterocycles. The average Bonchev–Trinajstić information content (AvgIpc) is 3.36. The molecule has 3 aromatic rings. The van der Waals surface area contributed by atoms with Gasteiger partial charge in [-0.2, -0.15) is 0 Å². The highest BCUT2D eigenvalue weighted by Crippen LogP contribution is 2.27. The number of anilines is 1. The molecule has 198 valence electrons. The molecule has 0 spiro atoms. The van der Waals surface area contributed by atoms with Gasteiger partial charge in [-0.15, -0.1) is 11.3 Å². The van der Waals surface area contributed by atoms with Gasteiger partial charge in [0.25, 0.3) is 5.91 Å². The topological polar surface area (TPSA) is 92.8 Å². The fourth-order valence-electron chi connectivity index (χ4n) is 3.72. The quantitative estimate of drug-likeness (QED) is 0.336. The molecule has 2 N–H and O–H groups in total. The molecule has 0 radical (unpaired) electrons. The molecule has 0 unspecified atom stereocenters. The van der Waals surface area contributed by atoms with Gasteiger partial charge in [0.2, 0.25) is 0 Å². The summed E-state index contributed by atoms with van der Waals surface area (Å²) < 4.78 is 10.6. The lowest BCUT2D eigenvalue weighted by Gasteiger charge is -2.26. The molecule has 0 aliphatic carbocycles. The zero-order valence-electron chi connectivity index (χ0n) is 22.3. The lowest BCUT2D eigenvalue weighted by atomic mass is 10.0. The molecule has 0 saturated carbocycles. The molecule has 0 fully saturated rings. The van der Waals surface area contributed by atoms with Gasteiger partial charge in [0.15, 0.2) is 11.5 Å². The first-order chi connectivity index (χ1) is 17.7. The van der Waals surface area contributed by atoms with E-state index in [0.717, 1.165) is 11.3 Å². The smallest absolute Gasteiger partial charge is 0.322 e. The summed E-state index contributed by atoms with van der Waals surface area (Å²) in [4.78, 5) is 31.8. The van der Waals surface area contributed by atoms with Crippen LogP contribution in [0.25, 0.3) is 0 Å². The van der Waals surface area contributed by atoms with Crippen molar-refractivity contribution in [3.63, 3.8) is 0 Å². The maximum Gasteiger partial charge on any atom is 0.322 e. The van der Waals surface area contributed by atoms with Crippen LogP contribution in [0.5, 0.6) is 11.5 Å². The third kappa shape index (κ3) is 7.69. The normalized spacial score (nSPS) is 10.9. The molecule has 3 amide bonds. The predicted octanol–water partition coefficient (Wildman–Crippen LogP) is 5.70. The number of nitrogens with zero attached hydrogens (tertiary/aromatic N) is 2. The number of amides is 3. The van der Waals surface area contributed by atoms with E-state index in [1.54, 1.807) is 24.5 Å². The molecule has 0 atom stereocenters. The highest BCUT2D eigenvalue weighted by atomic mass is 32.1. The summed E-state index contributed by atoms with van der Waals surface area (Å²) in [6.07, 6.45) is 0.641. The first-order valence-corrected chi connectivity index (χ1v) is 13.2. The Morgan fingerprint density at radius 3 is 2.32 bits per heavy atom. The fraction of sp³-hybridized carbons (Fsp3) is 0.393. The van der Waals surface area contributed by atoms with E-state index in [-0.39, 0.29) is 18.0 Å². The number of benzene rings is 2. The molecule has 1 heterocycles. The van der Waals surface area contributed by atoms with Crippen LogP contribution in [0.2, 0.25) is 0 Å². The second-order valence-electron chi connectivity index (χ2n) is 9.25. The highest BCUT2D eigenvalue weighted by molar-refractivity contribution is 7.09. The van der Waals surface area contributed by atoms with Gasteiger partial charge in [0.05, 0.1) is 20.8 Å². The molecule has 0 aliphatic heterocycles. The highest BCUT2D eigenvalue weighted by Gasteiger charge is 2.20. The van der Waals surface area contributed by atoms with Gasteiger partial charge < -0.3 is 25.0 Å². The van der Waals surface area contributed by atoms with Crippen molar-refractivity contribution in [1.29, 1.82) is 0 Å². The molecule has 3 rings (SSSR count). The van der Waals surface area contributed by atoms with Gasteiger partial charge in [0, 0.05) is 23.7 Å². The van der Waals surface area contributed by atoms with E-state index >= 15 is 0 Å². The lowest BCUT2D eigenvalue weighted by Crippen LogP contribution is -2.39. The summed E-state index contributed by atoms with van der Waals surface area (Å²) >= 11 is 1.37. The van der Waals surface area contributed by atoms with Crippen LogP contribution < -0.4 is 20.1 Å². The summed E-state index contributed by atoms with van der Waals surface area (Å²) in [6, 6.07) is 13.3. The van der Waals surface area contributed by atoms with Crippen molar-refractivity contribution in [3.05, 3.63) is 69.7 Å². The van der Waals surface area contributed by atoms with Gasteiger partial charge in [0.1, 0.15) is 10.7 Å². The molecule has 1 aromatic heterocycles. The minimum atomic E-state index is -0.242. The van der Waals surface area contributed by atoms with Gasteiger partial charge >= 0.3 is 6.03 Å². The van der Waals surface area contributed by atoms with Crippen LogP contribution in [0.15, 0.2) is 47.8 Å². The fourth-order valence-corrected chi connectivity index (χ4v) is 4.49. The van der Waals surface area contributed by atoms with Crippen molar-refractivity contribution in [2.75, 3.05) is 26.1 Å². The van der Waals surface area contributed by atoms with Gasteiger partial charge in [-0.3, -0.25) is 4.79 Å². The van der Waals surface area contributed by atoms with E-state index < -0.39 is 0 Å². The van der Waals surface area contributed by atoms with Gasteiger partial charge in [-0.25, -0.2) is 9.78 Å². The summed E-state index contributed by atoms with van der Waals surface area (Å²) in [5, 5.41) is 8.30. The number of urea groups is 1. The first-order valence-electron chi connectivity index (χ1n) is 12.3. The van der Waals surface area contributed by atoms with E-state index in [2.05, 4.69) is 29.5 Å². The van der Waals surface area contributed by atoms with Crippen LogP contribution in [0, 0.1) is 0 Å². The number of aromatic nitrogens is 1. The minimum absolute atomic E-state index is 0.0439. The first kappa shape index (κ1) is 28.0. The number of hydrogen-bond donors (Lipinski definition) is 2. The number of carbonyl (C=O) groups is 2. The minimum Gasteiger partial charge on any atom is -0.493 e. The van der Waals surface area contributed by atoms with Crippen molar-refractivity contribution in [3.8, 4) is 11.5 Å². The maximum absolute atomic E-state index is 13.0. The molecule has 0 bridgehead atoms. The van der Waals surface area contributed by atoms with E-state index in [0.29, 0.717) is 47.6 Å². The Hall–Kier alpha value is -3.59. The van der Waals surface area contributed by atoms with Crippen molar-refractivity contribution in [2.45, 2.75) is 52.6 Å². The van der Waals surface area contributed by atoms with Gasteiger partial charge in [-0.05, 0) is 61.6 Å². The Kier molecular flexibility index (Phi) is 9.91. The summed E-state index contributed by atoms with van der Waals surface area (Å²) in [6.45, 7) is 8.95. The molecular formula is C28H36N4O4S. The largest absolute Gasteiger partial charge is 0.493 e. The van der Waals surface area contributed by atoms with E-state index in [4.69, 9.17) is 9.47 Å². The Morgan fingerprint density at radius 1 is 1.00 bits per heavy atom. The third-order valence-electron chi connectivity index (χ3n) is 5.95. The van der Waals surface area contributed by atoms with Gasteiger partial charge in [-0.1, -0.05) is 32.0 Å². The number of methoxy groups -OCH3 is 2. The number of carbonyl (C=O) groups excluding carboxylic acids is 2. The zero-order valence-corrected chi connectivity index (χ0v) is 23.1. The number of rotatable bonds is 11. The second-order valence-corrected chi connectivity index (χ2v) is 10.2. The number of hydrogen-bond acceptors (Lipinski definition) is 6. The second kappa shape index (κ2) is 13.1. The lowest BCUT2D eigenvalue weighted by molar-refractivity contribution is 0.0949. The van der Waals surface area contributed by atoms with E-state index in [1.165, 1.54) is 16.9 Å². The van der Waals surface area contributed by atoms with E-state index in [9.17, 15) is 9.59 Å². The van der Waals surface area contributed by atoms with Crippen LogP contribution in [0.3, 0.4) is 0 Å². The molecule has 8 nitrogen and oxygen atoms in total. The van der Waals surface area contributed by atoms with Crippen molar-refractivity contribution in [2.24, 2.45) is 0 Å². The molecular weight excluding hydrogens is 488 g/mol. The van der Waals surface area contributed by atoms with Crippen LogP contribution >= 0.6 is 11.3 Å². The van der Waals surface area contributed by atoms with Crippen molar-refractivity contribution < 1.29 is 19.1 Å². The Bertz CT molecular complexity index is 1190. The van der Waals surface area contributed by atoms with Crippen molar-refractivity contribution >= 4 is 29.0 Å². The van der Waals surface area contributed by atoms with E-state index in [1.807, 2.05) is 56.3 Å². The molecule has 2 aromatic carbocycles. The third-order valence-corrected chi connectivity index (χ3v) is 6.78. The number of nitrogens with one attached hydrogen (secondary N) is 2.